The number of esters is 1. The molecule has 7 nitrogen and oxygen atoms in total. The molecule has 0 bridgehead atoms. The molecule has 0 aromatic heterocycles. The van der Waals surface area contributed by atoms with E-state index in [-0.39, 0.29) is 23.6 Å². The summed E-state index contributed by atoms with van der Waals surface area (Å²) in [6, 6.07) is 11.9. The molecule has 0 saturated heterocycles. The Labute approximate surface area is 139 Å². The molecule has 2 aromatic carbocycles. The first kappa shape index (κ1) is 17.6. The van der Waals surface area contributed by atoms with Crippen LogP contribution in [0.2, 0.25) is 0 Å². The summed E-state index contributed by atoms with van der Waals surface area (Å²) < 4.78 is 27.7. The van der Waals surface area contributed by atoms with Crippen molar-refractivity contribution >= 4 is 21.5 Å². The third-order valence-electron chi connectivity index (χ3n) is 3.11. The lowest BCUT2D eigenvalue weighted by molar-refractivity contribution is -0.384. The molecular formula is C16H15NO6S. The van der Waals surface area contributed by atoms with E-state index in [4.69, 9.17) is 4.74 Å². The molecule has 0 unspecified atom stereocenters. The van der Waals surface area contributed by atoms with Gasteiger partial charge in [0.1, 0.15) is 6.61 Å². The van der Waals surface area contributed by atoms with Gasteiger partial charge in [0, 0.05) is 18.4 Å². The fourth-order valence-corrected chi connectivity index (χ4v) is 2.82. The maximum atomic E-state index is 12.0. The first-order chi connectivity index (χ1) is 11.2. The largest absolute Gasteiger partial charge is 0.457 e. The second-order valence-corrected chi connectivity index (χ2v) is 7.41. The van der Waals surface area contributed by atoms with Crippen molar-refractivity contribution in [2.75, 3.05) is 6.26 Å². The molecule has 0 heterocycles. The lowest BCUT2D eigenvalue weighted by Crippen LogP contribution is -2.07. The van der Waals surface area contributed by atoms with Crippen LogP contribution in [0.15, 0.2) is 48.5 Å². The third kappa shape index (κ3) is 5.17. The Morgan fingerprint density at radius 3 is 2.38 bits per heavy atom. The highest BCUT2D eigenvalue weighted by atomic mass is 32.2. The molecule has 0 spiro atoms. The zero-order valence-corrected chi connectivity index (χ0v) is 13.7. The third-order valence-corrected chi connectivity index (χ3v) is 3.97. The number of ether oxygens (including phenoxy) is 1. The zero-order valence-electron chi connectivity index (χ0n) is 12.8. The molecule has 2 rings (SSSR count). The van der Waals surface area contributed by atoms with E-state index in [1.54, 1.807) is 12.1 Å². The van der Waals surface area contributed by atoms with Crippen molar-refractivity contribution in [2.45, 2.75) is 12.4 Å². The lowest BCUT2D eigenvalue weighted by atomic mass is 10.1. The smallest absolute Gasteiger partial charge is 0.338 e. The van der Waals surface area contributed by atoms with E-state index in [0.717, 1.165) is 6.26 Å². The van der Waals surface area contributed by atoms with Gasteiger partial charge in [0.05, 0.1) is 16.2 Å². The summed E-state index contributed by atoms with van der Waals surface area (Å²) in [6.07, 6.45) is 1.12. The number of hydrogen-bond acceptors (Lipinski definition) is 6. The van der Waals surface area contributed by atoms with Crippen LogP contribution in [-0.2, 0) is 26.9 Å². The monoisotopic (exact) mass is 349 g/mol. The van der Waals surface area contributed by atoms with Gasteiger partial charge in [-0.2, -0.15) is 0 Å². The van der Waals surface area contributed by atoms with Gasteiger partial charge in [-0.1, -0.05) is 12.1 Å². The molecular weight excluding hydrogens is 334 g/mol. The molecule has 0 fully saturated rings. The van der Waals surface area contributed by atoms with Crippen LogP contribution in [0.4, 0.5) is 5.69 Å². The van der Waals surface area contributed by atoms with Gasteiger partial charge in [-0.15, -0.1) is 0 Å². The van der Waals surface area contributed by atoms with Crippen molar-refractivity contribution in [1.82, 2.24) is 0 Å². The van der Waals surface area contributed by atoms with E-state index in [0.29, 0.717) is 11.1 Å². The number of nitro benzene ring substituents is 1. The van der Waals surface area contributed by atoms with Crippen LogP contribution < -0.4 is 0 Å². The van der Waals surface area contributed by atoms with Crippen molar-refractivity contribution in [3.8, 4) is 0 Å². The Hall–Kier alpha value is -2.74. The van der Waals surface area contributed by atoms with Crippen molar-refractivity contribution in [3.63, 3.8) is 0 Å². The number of carbonyl (C=O) groups excluding carboxylic acids is 1. The lowest BCUT2D eigenvalue weighted by Gasteiger charge is -2.06. The number of carbonyl (C=O) groups is 1. The summed E-state index contributed by atoms with van der Waals surface area (Å²) in [6.45, 7) is -0.0346. The maximum absolute atomic E-state index is 12.0. The summed E-state index contributed by atoms with van der Waals surface area (Å²) in [7, 11) is -3.19. The second-order valence-electron chi connectivity index (χ2n) is 5.27. The van der Waals surface area contributed by atoms with Gasteiger partial charge in [0.2, 0.25) is 0 Å². The number of hydrogen-bond donors (Lipinski definition) is 0. The molecule has 0 N–H and O–H groups in total. The van der Waals surface area contributed by atoms with Crippen LogP contribution in [0, 0.1) is 10.1 Å². The predicted octanol–water partition coefficient (Wildman–Crippen LogP) is 2.50. The standard InChI is InChI=1S/C16H15NO6S/c1-24(21,22)11-13-3-2-4-14(9-13)16(18)23-10-12-5-7-15(8-6-12)17(19)20/h2-9H,10-11H2,1H3. The summed E-state index contributed by atoms with van der Waals surface area (Å²) in [5.74, 6) is -0.750. The van der Waals surface area contributed by atoms with Gasteiger partial charge in [-0.3, -0.25) is 10.1 Å². The van der Waals surface area contributed by atoms with Crippen LogP contribution in [0.1, 0.15) is 21.5 Å². The van der Waals surface area contributed by atoms with E-state index >= 15 is 0 Å². The minimum absolute atomic E-state index is 0.0346. The average Bonchev–Trinajstić information content (AvgIpc) is 2.51. The topological polar surface area (TPSA) is 104 Å². The van der Waals surface area contributed by atoms with Crippen molar-refractivity contribution < 1.29 is 22.9 Å². The number of nitrogens with zero attached hydrogens (tertiary/aromatic N) is 1. The predicted molar refractivity (Wildman–Crippen MR) is 87.2 cm³/mol. The van der Waals surface area contributed by atoms with Crippen LogP contribution in [0.5, 0.6) is 0 Å². The van der Waals surface area contributed by atoms with Crippen LogP contribution in [-0.4, -0.2) is 25.6 Å². The first-order valence-electron chi connectivity index (χ1n) is 6.92. The molecule has 0 atom stereocenters. The Kier molecular flexibility index (Phi) is 5.30. The average molecular weight is 349 g/mol. The van der Waals surface area contributed by atoms with Gasteiger partial charge in [-0.25, -0.2) is 13.2 Å². The molecule has 8 heteroatoms. The minimum Gasteiger partial charge on any atom is -0.457 e. The van der Waals surface area contributed by atoms with Gasteiger partial charge in [0.25, 0.3) is 5.69 Å². The van der Waals surface area contributed by atoms with E-state index in [1.807, 2.05) is 0 Å². The molecule has 126 valence electrons. The molecule has 2 aromatic rings. The van der Waals surface area contributed by atoms with Crippen molar-refractivity contribution in [2.24, 2.45) is 0 Å². The van der Waals surface area contributed by atoms with Crippen LogP contribution >= 0.6 is 0 Å². The summed E-state index contributed by atoms with van der Waals surface area (Å²) >= 11 is 0. The SMILES string of the molecule is CS(=O)(=O)Cc1cccc(C(=O)OCc2ccc([N+](=O)[O-])cc2)c1. The Morgan fingerprint density at radius 2 is 1.79 bits per heavy atom. The van der Waals surface area contributed by atoms with Crippen molar-refractivity contribution in [3.05, 3.63) is 75.3 Å². The number of nitro groups is 1. The van der Waals surface area contributed by atoms with E-state index in [9.17, 15) is 23.3 Å². The normalized spacial score (nSPS) is 11.0. The first-order valence-corrected chi connectivity index (χ1v) is 8.98. The highest BCUT2D eigenvalue weighted by Crippen LogP contribution is 2.14. The molecule has 0 aliphatic heterocycles. The van der Waals surface area contributed by atoms with Crippen molar-refractivity contribution in [1.29, 1.82) is 0 Å². The fraction of sp³-hybridized carbons (Fsp3) is 0.188. The Bertz CT molecular complexity index is 858. The van der Waals surface area contributed by atoms with Gasteiger partial charge >= 0.3 is 5.97 Å². The molecule has 0 aliphatic carbocycles. The zero-order chi connectivity index (χ0) is 17.7. The number of non-ortho nitro benzene ring substituents is 1. The second kappa shape index (κ2) is 7.22. The van der Waals surface area contributed by atoms with Crippen LogP contribution in [0.25, 0.3) is 0 Å². The maximum Gasteiger partial charge on any atom is 0.338 e. The Balaban J connectivity index is 2.02. The fourth-order valence-electron chi connectivity index (χ4n) is 2.04. The Morgan fingerprint density at radius 1 is 1.12 bits per heavy atom. The van der Waals surface area contributed by atoms with E-state index in [1.165, 1.54) is 36.4 Å². The van der Waals surface area contributed by atoms with Gasteiger partial charge < -0.3 is 4.74 Å². The molecule has 24 heavy (non-hydrogen) atoms. The highest BCUT2D eigenvalue weighted by molar-refractivity contribution is 7.89. The van der Waals surface area contributed by atoms with Crippen LogP contribution in [0.3, 0.4) is 0 Å². The number of benzene rings is 2. The van der Waals surface area contributed by atoms with E-state index in [2.05, 4.69) is 0 Å². The summed E-state index contributed by atoms with van der Waals surface area (Å²) in [4.78, 5) is 22.1. The van der Waals surface area contributed by atoms with E-state index < -0.39 is 20.7 Å². The number of rotatable bonds is 6. The minimum atomic E-state index is -3.19. The molecule has 0 amide bonds. The van der Waals surface area contributed by atoms with Gasteiger partial charge in [0.15, 0.2) is 9.84 Å². The number of sulfone groups is 1. The highest BCUT2D eigenvalue weighted by Gasteiger charge is 2.11. The molecule has 0 aliphatic rings. The summed E-state index contributed by atoms with van der Waals surface area (Å²) in [5, 5.41) is 10.6. The van der Waals surface area contributed by atoms with Gasteiger partial charge in [-0.05, 0) is 35.4 Å². The summed E-state index contributed by atoms with van der Waals surface area (Å²) in [5.41, 5.74) is 1.32. The quantitative estimate of drug-likeness (QED) is 0.451. The molecule has 0 saturated carbocycles. The molecule has 0 radical (unpaired) electrons.